The third-order valence-electron chi connectivity index (χ3n) is 8.64. The van der Waals surface area contributed by atoms with E-state index in [0.717, 1.165) is 70.5 Å². The number of fused-ring (bicyclic) bond motifs is 1. The average Bonchev–Trinajstić information content (AvgIpc) is 3.57. The molecule has 1 aromatic carbocycles. The molecule has 1 heterocycles. The lowest BCUT2D eigenvalue weighted by atomic mass is 9.49. The van der Waals surface area contributed by atoms with Gasteiger partial charge < -0.3 is 27.0 Å². The van der Waals surface area contributed by atoms with Crippen molar-refractivity contribution < 1.29 is 10.2 Å². The van der Waals surface area contributed by atoms with Gasteiger partial charge in [-0.2, -0.15) is 0 Å². The molecule has 0 radical (unpaired) electrons. The van der Waals surface area contributed by atoms with Gasteiger partial charge in [0, 0.05) is 30.6 Å². The van der Waals surface area contributed by atoms with Crippen LogP contribution in [0.15, 0.2) is 23.2 Å². The summed E-state index contributed by atoms with van der Waals surface area (Å²) in [5, 5.41) is 26.4. The monoisotopic (exact) mass is 441 g/mol. The molecule has 0 unspecified atom stereocenters. The number of aliphatic hydroxyl groups is 1. The number of guanidine groups is 1. The molecule has 1 aromatic rings. The van der Waals surface area contributed by atoms with Crippen molar-refractivity contribution >= 4 is 5.96 Å². The van der Waals surface area contributed by atoms with E-state index in [2.05, 4.69) is 21.3 Å². The molecular weight excluding hydrogens is 402 g/mol. The van der Waals surface area contributed by atoms with Crippen molar-refractivity contribution in [3.63, 3.8) is 0 Å². The number of aliphatic imine (C=N–C) groups is 1. The Balaban J connectivity index is 1.35. The molecule has 2 saturated carbocycles. The van der Waals surface area contributed by atoms with E-state index in [4.69, 9.17) is 11.5 Å². The number of unbranched alkanes of at least 4 members (excludes halogenated alkanes) is 1. The first-order valence-electron chi connectivity index (χ1n) is 12.5. The molecule has 0 aromatic heterocycles. The van der Waals surface area contributed by atoms with Gasteiger partial charge >= 0.3 is 0 Å². The number of phenolic OH excluding ortho intramolecular Hbond substituents is 1. The summed E-state index contributed by atoms with van der Waals surface area (Å²) in [7, 11) is 0. The number of nitrogens with zero attached hydrogens (tertiary/aromatic N) is 2. The topological polar surface area (TPSA) is 120 Å². The smallest absolute Gasteiger partial charge is 0.185 e. The maximum Gasteiger partial charge on any atom is 0.185 e. The SMILES string of the molecule is NC(N)=NCCCCN[C@@H]1CC[C@@]2(O)[C@H]3Cc4ccc(O)cc4[C@@]2(CCN3CC2CC2)C1. The molecule has 176 valence electrons. The number of benzene rings is 1. The molecule has 7 heteroatoms. The molecule has 7 nitrogen and oxygen atoms in total. The molecule has 7 N–H and O–H groups in total. The van der Waals surface area contributed by atoms with E-state index in [-0.39, 0.29) is 17.4 Å². The molecule has 2 bridgehead atoms. The lowest BCUT2D eigenvalue weighted by Crippen LogP contribution is -2.74. The van der Waals surface area contributed by atoms with Gasteiger partial charge in [0.05, 0.1) is 5.60 Å². The van der Waals surface area contributed by atoms with Gasteiger partial charge in [0.15, 0.2) is 5.96 Å². The standard InChI is InChI=1S/C25H39N5O2/c26-23(27)29-11-2-1-10-28-19-7-8-25(32)22-13-18-5-6-20(31)14-21(18)24(25,15-19)9-12-30(22)16-17-3-4-17/h5-6,14,17,19,22,28,31-32H,1-4,7-13,15-16H2,(H4,26,27,29)/t19-,22-,24-,25-/m1/s1. The average molecular weight is 442 g/mol. The van der Waals surface area contributed by atoms with Gasteiger partial charge in [0.25, 0.3) is 0 Å². The van der Waals surface area contributed by atoms with Gasteiger partial charge in [-0.15, -0.1) is 0 Å². The predicted molar refractivity (Wildman–Crippen MR) is 127 cm³/mol. The Hall–Kier alpha value is -1.83. The van der Waals surface area contributed by atoms with Crippen molar-refractivity contribution in [2.45, 2.75) is 80.9 Å². The van der Waals surface area contributed by atoms with E-state index >= 15 is 0 Å². The van der Waals surface area contributed by atoms with Crippen molar-refractivity contribution in [3.05, 3.63) is 29.3 Å². The minimum atomic E-state index is -0.716. The first-order valence-corrected chi connectivity index (χ1v) is 12.5. The first kappa shape index (κ1) is 22.0. The number of nitrogens with two attached hydrogens (primary N) is 2. The fourth-order valence-corrected chi connectivity index (χ4v) is 6.88. The predicted octanol–water partition coefficient (Wildman–Crippen LogP) is 1.60. The number of nitrogens with one attached hydrogen (secondary N) is 1. The molecule has 3 aliphatic carbocycles. The van der Waals surface area contributed by atoms with Crippen molar-refractivity contribution in [2.24, 2.45) is 22.4 Å². The summed E-state index contributed by atoms with van der Waals surface area (Å²) in [6.45, 7) is 3.78. The lowest BCUT2D eigenvalue weighted by molar-refractivity contribution is -0.170. The third-order valence-corrected chi connectivity index (χ3v) is 8.64. The van der Waals surface area contributed by atoms with Crippen LogP contribution < -0.4 is 16.8 Å². The maximum absolute atomic E-state index is 12.3. The molecule has 0 spiro atoms. The van der Waals surface area contributed by atoms with E-state index in [1.165, 1.54) is 24.0 Å². The summed E-state index contributed by atoms with van der Waals surface area (Å²) >= 11 is 0. The van der Waals surface area contributed by atoms with E-state index in [9.17, 15) is 10.2 Å². The Labute approximate surface area is 191 Å². The van der Waals surface area contributed by atoms with Crippen LogP contribution in [-0.2, 0) is 11.8 Å². The first-order chi connectivity index (χ1) is 15.4. The summed E-state index contributed by atoms with van der Waals surface area (Å²) in [6.07, 6.45) is 9.27. The highest BCUT2D eigenvalue weighted by molar-refractivity contribution is 5.75. The van der Waals surface area contributed by atoms with Crippen LogP contribution in [0.2, 0.25) is 0 Å². The zero-order chi connectivity index (χ0) is 22.3. The van der Waals surface area contributed by atoms with Crippen LogP contribution >= 0.6 is 0 Å². The van der Waals surface area contributed by atoms with Crippen molar-refractivity contribution in [1.82, 2.24) is 10.2 Å². The summed E-state index contributed by atoms with van der Waals surface area (Å²) in [4.78, 5) is 6.66. The highest BCUT2D eigenvalue weighted by Crippen LogP contribution is 2.58. The molecule has 1 aliphatic heterocycles. The van der Waals surface area contributed by atoms with E-state index in [1.807, 2.05) is 12.1 Å². The third kappa shape index (κ3) is 3.88. The fraction of sp³-hybridized carbons (Fsp3) is 0.720. The summed E-state index contributed by atoms with van der Waals surface area (Å²) in [6, 6.07) is 6.43. The second-order valence-corrected chi connectivity index (χ2v) is 10.7. The van der Waals surface area contributed by atoms with Crippen molar-refractivity contribution in [3.8, 4) is 5.75 Å². The summed E-state index contributed by atoms with van der Waals surface area (Å²) in [5.41, 5.74) is 12.3. The van der Waals surface area contributed by atoms with Gasteiger partial charge in [-0.05, 0) is 100 Å². The van der Waals surface area contributed by atoms with Gasteiger partial charge in [-0.3, -0.25) is 9.89 Å². The number of likely N-dealkylation sites (tertiary alicyclic amines) is 1. The van der Waals surface area contributed by atoms with Crippen LogP contribution in [0.4, 0.5) is 0 Å². The quantitative estimate of drug-likeness (QED) is 0.237. The Bertz CT molecular complexity index is 868. The number of piperidine rings is 1. The highest BCUT2D eigenvalue weighted by atomic mass is 16.3. The normalized spacial score (nSPS) is 33.9. The molecule has 32 heavy (non-hydrogen) atoms. The number of aromatic hydroxyl groups is 1. The Morgan fingerprint density at radius 2 is 2.03 bits per heavy atom. The number of hydrogen-bond acceptors (Lipinski definition) is 5. The van der Waals surface area contributed by atoms with Crippen molar-refractivity contribution in [2.75, 3.05) is 26.2 Å². The highest BCUT2D eigenvalue weighted by Gasteiger charge is 2.64. The van der Waals surface area contributed by atoms with E-state index < -0.39 is 5.60 Å². The lowest BCUT2D eigenvalue weighted by Gasteiger charge is -2.65. The van der Waals surface area contributed by atoms with E-state index in [1.54, 1.807) is 0 Å². The molecule has 5 rings (SSSR count). The molecular formula is C25H39N5O2. The fourth-order valence-electron chi connectivity index (χ4n) is 6.88. The van der Waals surface area contributed by atoms with Crippen LogP contribution in [-0.4, -0.2) is 64.9 Å². The van der Waals surface area contributed by atoms with Gasteiger partial charge in [0.1, 0.15) is 5.75 Å². The number of phenols is 1. The molecule has 4 aliphatic rings. The van der Waals surface area contributed by atoms with Crippen LogP contribution in [0, 0.1) is 5.92 Å². The largest absolute Gasteiger partial charge is 0.508 e. The maximum atomic E-state index is 12.3. The molecule has 3 fully saturated rings. The Morgan fingerprint density at radius 3 is 2.81 bits per heavy atom. The molecule has 4 atom stereocenters. The van der Waals surface area contributed by atoms with E-state index in [0.29, 0.717) is 18.3 Å². The van der Waals surface area contributed by atoms with Gasteiger partial charge in [-0.1, -0.05) is 6.07 Å². The van der Waals surface area contributed by atoms with Gasteiger partial charge in [-0.25, -0.2) is 0 Å². The minimum Gasteiger partial charge on any atom is -0.508 e. The van der Waals surface area contributed by atoms with Crippen LogP contribution in [0.3, 0.4) is 0 Å². The van der Waals surface area contributed by atoms with Crippen LogP contribution in [0.1, 0.15) is 62.5 Å². The molecule has 1 saturated heterocycles. The second kappa shape index (κ2) is 8.50. The van der Waals surface area contributed by atoms with Crippen molar-refractivity contribution in [1.29, 1.82) is 0 Å². The van der Waals surface area contributed by atoms with Crippen LogP contribution in [0.5, 0.6) is 5.75 Å². The zero-order valence-electron chi connectivity index (χ0n) is 19.1. The van der Waals surface area contributed by atoms with Crippen LogP contribution in [0.25, 0.3) is 0 Å². The number of hydrogen-bond donors (Lipinski definition) is 5. The number of rotatable bonds is 8. The summed E-state index contributed by atoms with van der Waals surface area (Å²) < 4.78 is 0. The van der Waals surface area contributed by atoms with Gasteiger partial charge in [0.2, 0.25) is 0 Å². The minimum absolute atomic E-state index is 0.158. The summed E-state index contributed by atoms with van der Waals surface area (Å²) in [5.74, 6) is 1.30. The Morgan fingerprint density at radius 1 is 1.19 bits per heavy atom. The molecule has 0 amide bonds. The Kier molecular flexibility index (Phi) is 5.84. The zero-order valence-corrected chi connectivity index (χ0v) is 19.1. The second-order valence-electron chi connectivity index (χ2n) is 10.7.